The highest BCUT2D eigenvalue weighted by molar-refractivity contribution is 9.10. The molecule has 0 heterocycles. The molecule has 0 aromatic heterocycles. The minimum atomic E-state index is -4.79. The fourth-order valence-electron chi connectivity index (χ4n) is 1.74. The highest BCUT2D eigenvalue weighted by Crippen LogP contribution is 2.33. The molecule has 0 fully saturated rings. The van der Waals surface area contributed by atoms with Gasteiger partial charge in [-0.05, 0) is 36.4 Å². The molecule has 5 nitrogen and oxygen atoms in total. The molecule has 0 unspecified atom stereocenters. The van der Waals surface area contributed by atoms with Gasteiger partial charge in [-0.25, -0.2) is 0 Å². The third-order valence-corrected chi connectivity index (χ3v) is 3.66. The van der Waals surface area contributed by atoms with Gasteiger partial charge in [0.05, 0.1) is 11.4 Å². The predicted octanol–water partition coefficient (Wildman–Crippen LogP) is 6.24. The van der Waals surface area contributed by atoms with Crippen LogP contribution in [0.1, 0.15) is 6.92 Å². The maximum Gasteiger partial charge on any atom is 0.573 e. The van der Waals surface area contributed by atoms with E-state index in [4.69, 9.17) is 5.73 Å². The number of rotatable bonds is 3. The number of nitrogens with one attached hydrogen (secondary N) is 1. The van der Waals surface area contributed by atoms with Gasteiger partial charge < -0.3 is 20.5 Å². The number of carbonyl (C=O) groups excluding carboxylic acids is 1. The maximum absolute atomic E-state index is 12.0. The Morgan fingerprint density at radius 1 is 0.897 bits per heavy atom. The van der Waals surface area contributed by atoms with Gasteiger partial charge in [-0.1, -0.05) is 31.9 Å². The van der Waals surface area contributed by atoms with E-state index in [-0.39, 0.29) is 11.4 Å². The Bertz CT molecular complexity index is 860. The summed E-state index contributed by atoms with van der Waals surface area (Å²) in [6.45, 7) is 1.19. The lowest BCUT2D eigenvalue weighted by Gasteiger charge is -2.13. The van der Waals surface area contributed by atoms with Crippen LogP contribution in [0.25, 0.3) is 0 Å². The van der Waals surface area contributed by atoms with Crippen molar-refractivity contribution >= 4 is 49.1 Å². The molecular weight excluding hydrogens is 542 g/mol. The van der Waals surface area contributed by atoms with Gasteiger partial charge in [-0.15, -0.1) is 26.3 Å². The first-order valence-corrected chi connectivity index (χ1v) is 8.88. The largest absolute Gasteiger partial charge is 0.573 e. The van der Waals surface area contributed by atoms with Crippen LogP contribution in [0.3, 0.4) is 0 Å². The van der Waals surface area contributed by atoms with Crippen molar-refractivity contribution in [2.24, 2.45) is 0 Å². The van der Waals surface area contributed by atoms with E-state index in [0.29, 0.717) is 8.95 Å². The van der Waals surface area contributed by atoms with Crippen LogP contribution in [0.5, 0.6) is 11.5 Å². The van der Waals surface area contributed by atoms with Crippen molar-refractivity contribution in [2.75, 3.05) is 11.1 Å². The predicted molar refractivity (Wildman–Crippen MR) is 100 cm³/mol. The summed E-state index contributed by atoms with van der Waals surface area (Å²) in [5, 5.41) is 2.24. The molecule has 2 rings (SSSR count). The van der Waals surface area contributed by atoms with E-state index in [9.17, 15) is 31.1 Å². The van der Waals surface area contributed by atoms with E-state index in [1.807, 2.05) is 0 Å². The summed E-state index contributed by atoms with van der Waals surface area (Å²) >= 11 is 6.14. The molecule has 2 aromatic carbocycles. The molecule has 0 saturated carbocycles. The first-order chi connectivity index (χ1) is 13.2. The molecule has 3 N–H and O–H groups in total. The Kier molecular flexibility index (Phi) is 8.63. The summed E-state index contributed by atoms with van der Waals surface area (Å²) in [5.74, 6) is -1.33. The quantitative estimate of drug-likeness (QED) is 0.349. The first-order valence-electron chi connectivity index (χ1n) is 7.30. The molecule has 2 aromatic rings. The van der Waals surface area contributed by atoms with Crippen LogP contribution >= 0.6 is 31.9 Å². The molecule has 0 atom stereocenters. The van der Waals surface area contributed by atoms with Gasteiger partial charge >= 0.3 is 12.7 Å². The number of nitrogens with two attached hydrogens (primary N) is 1. The Hall–Kier alpha value is -2.15. The minimum Gasteiger partial charge on any atom is -0.404 e. The summed E-state index contributed by atoms with van der Waals surface area (Å²) < 4.78 is 79.8. The molecule has 0 radical (unpaired) electrons. The Labute approximate surface area is 177 Å². The second-order valence-electron chi connectivity index (χ2n) is 5.10. The topological polar surface area (TPSA) is 73.6 Å². The van der Waals surface area contributed by atoms with E-state index < -0.39 is 30.1 Å². The molecule has 0 saturated heterocycles. The molecule has 0 aliphatic heterocycles. The Balaban J connectivity index is 0.000000296. The van der Waals surface area contributed by atoms with Gasteiger partial charge in [0.2, 0.25) is 5.91 Å². The summed E-state index contributed by atoms with van der Waals surface area (Å²) in [5.41, 5.74) is 5.17. The lowest BCUT2D eigenvalue weighted by Crippen LogP contribution is -2.18. The average Bonchev–Trinajstić information content (AvgIpc) is 2.51. The lowest BCUT2D eigenvalue weighted by atomic mass is 10.3. The molecule has 0 spiro atoms. The number of alkyl halides is 6. The second kappa shape index (κ2) is 10.1. The number of hydrogen-bond acceptors (Lipinski definition) is 4. The first kappa shape index (κ1) is 24.9. The molecule has 0 aliphatic rings. The number of nitrogen functional groups attached to an aromatic ring is 1. The maximum atomic E-state index is 12.0. The third-order valence-electron chi connectivity index (χ3n) is 2.68. The van der Waals surface area contributed by atoms with Crippen LogP contribution in [0.15, 0.2) is 45.3 Å². The van der Waals surface area contributed by atoms with Crippen LogP contribution in [0.2, 0.25) is 0 Å². The molecule has 0 bridgehead atoms. The van der Waals surface area contributed by atoms with Gasteiger partial charge in [0.1, 0.15) is 0 Å². The van der Waals surface area contributed by atoms with Crippen LogP contribution in [-0.4, -0.2) is 18.6 Å². The average molecular weight is 554 g/mol. The van der Waals surface area contributed by atoms with Gasteiger partial charge in [0.15, 0.2) is 11.5 Å². The van der Waals surface area contributed by atoms with Crippen molar-refractivity contribution in [3.05, 3.63) is 45.3 Å². The van der Waals surface area contributed by atoms with Crippen molar-refractivity contribution in [1.29, 1.82) is 0 Å². The number of ether oxygens (including phenoxy) is 2. The smallest absolute Gasteiger partial charge is 0.404 e. The standard InChI is InChI=1S/C9H7BrF3NO2.C7H5BrF3NO/c1-5(15)14-7-4-6(10)2-3-8(7)16-9(11,12)13;8-4-1-2-6(5(12)3-4)13-7(9,10)11/h2-4H,1H3,(H,14,15);1-3H,12H2. The highest BCUT2D eigenvalue weighted by atomic mass is 79.9. The highest BCUT2D eigenvalue weighted by Gasteiger charge is 2.32. The van der Waals surface area contributed by atoms with Crippen LogP contribution in [0.4, 0.5) is 37.7 Å². The van der Waals surface area contributed by atoms with Crippen LogP contribution < -0.4 is 20.5 Å². The van der Waals surface area contributed by atoms with E-state index in [2.05, 4.69) is 46.7 Å². The number of amides is 1. The van der Waals surface area contributed by atoms with Crippen molar-refractivity contribution in [2.45, 2.75) is 19.6 Å². The number of halogens is 8. The molecule has 1 amide bonds. The summed E-state index contributed by atoms with van der Waals surface area (Å²) in [6.07, 6.45) is -9.50. The van der Waals surface area contributed by atoms with Crippen LogP contribution in [0, 0.1) is 0 Å². The number of carbonyl (C=O) groups is 1. The van der Waals surface area contributed by atoms with Crippen molar-refractivity contribution < 1.29 is 40.6 Å². The number of benzene rings is 2. The molecular formula is C16H12Br2F6N2O3. The third kappa shape index (κ3) is 10.3. The van der Waals surface area contributed by atoms with Gasteiger partial charge in [0, 0.05) is 15.9 Å². The van der Waals surface area contributed by atoms with E-state index >= 15 is 0 Å². The van der Waals surface area contributed by atoms with Gasteiger partial charge in [-0.3, -0.25) is 4.79 Å². The van der Waals surface area contributed by atoms with Gasteiger partial charge in [-0.2, -0.15) is 0 Å². The summed E-state index contributed by atoms with van der Waals surface area (Å²) in [6, 6.07) is 7.71. The number of hydrogen-bond donors (Lipinski definition) is 2. The van der Waals surface area contributed by atoms with Gasteiger partial charge in [0.25, 0.3) is 0 Å². The summed E-state index contributed by atoms with van der Waals surface area (Å²) in [4.78, 5) is 10.8. The molecule has 160 valence electrons. The van der Waals surface area contributed by atoms with Crippen molar-refractivity contribution in [3.63, 3.8) is 0 Å². The molecule has 13 heteroatoms. The molecule has 29 heavy (non-hydrogen) atoms. The zero-order chi connectivity index (χ0) is 22.4. The number of anilines is 2. The molecule has 0 aliphatic carbocycles. The second-order valence-corrected chi connectivity index (χ2v) is 6.93. The Morgan fingerprint density at radius 3 is 1.79 bits per heavy atom. The fourth-order valence-corrected chi connectivity index (χ4v) is 2.48. The lowest BCUT2D eigenvalue weighted by molar-refractivity contribution is -0.275. The summed E-state index contributed by atoms with van der Waals surface area (Å²) in [7, 11) is 0. The van der Waals surface area contributed by atoms with Crippen molar-refractivity contribution in [1.82, 2.24) is 0 Å². The monoisotopic (exact) mass is 552 g/mol. The SMILES string of the molecule is CC(=O)Nc1cc(Br)ccc1OC(F)(F)F.Nc1cc(Br)ccc1OC(F)(F)F. The van der Waals surface area contributed by atoms with Crippen molar-refractivity contribution in [3.8, 4) is 11.5 Å². The normalized spacial score (nSPS) is 11.2. The van der Waals surface area contributed by atoms with E-state index in [1.165, 1.54) is 31.2 Å². The minimum absolute atomic E-state index is 0.0424. The zero-order valence-corrected chi connectivity index (χ0v) is 17.5. The van der Waals surface area contributed by atoms with E-state index in [1.54, 1.807) is 0 Å². The Morgan fingerprint density at radius 2 is 1.34 bits per heavy atom. The zero-order valence-electron chi connectivity index (χ0n) is 14.3. The fraction of sp³-hybridized carbons (Fsp3) is 0.188. The van der Waals surface area contributed by atoms with Crippen LogP contribution in [-0.2, 0) is 4.79 Å². The van der Waals surface area contributed by atoms with E-state index in [0.717, 1.165) is 12.1 Å².